The van der Waals surface area contributed by atoms with Crippen molar-refractivity contribution in [2.45, 2.75) is 44.9 Å². The standard InChI is InChI=1S/C19H23FN2O2S/c1-4-24-18(23)16-11-25-17-14(9-19(2,3)10-15(17)22-16)21-13-7-5-12(20)6-8-13/h5-8,16-17H,4,9-11H2,1-3H3. The first-order valence-corrected chi connectivity index (χ1v) is 9.61. The van der Waals surface area contributed by atoms with Crippen LogP contribution in [0.4, 0.5) is 10.1 Å². The van der Waals surface area contributed by atoms with Gasteiger partial charge in [-0.05, 0) is 49.4 Å². The third kappa shape index (κ3) is 4.29. The molecule has 4 nitrogen and oxygen atoms in total. The summed E-state index contributed by atoms with van der Waals surface area (Å²) in [5.41, 5.74) is 2.85. The first kappa shape index (κ1) is 18.1. The molecule has 0 saturated heterocycles. The molecule has 1 aliphatic heterocycles. The van der Waals surface area contributed by atoms with E-state index in [9.17, 15) is 9.18 Å². The summed E-state index contributed by atoms with van der Waals surface area (Å²) in [6.45, 7) is 6.55. The Kier molecular flexibility index (Phi) is 5.27. The van der Waals surface area contributed by atoms with E-state index in [1.165, 1.54) is 12.1 Å². The molecule has 0 bridgehead atoms. The Morgan fingerprint density at radius 2 is 2.08 bits per heavy atom. The maximum absolute atomic E-state index is 13.1. The van der Waals surface area contributed by atoms with Crippen molar-refractivity contribution < 1.29 is 13.9 Å². The Labute approximate surface area is 152 Å². The van der Waals surface area contributed by atoms with Crippen LogP contribution in [0.15, 0.2) is 34.3 Å². The molecule has 1 aromatic rings. The number of carbonyl (C=O) groups excluding carboxylic acids is 1. The largest absolute Gasteiger partial charge is 0.464 e. The highest BCUT2D eigenvalue weighted by atomic mass is 32.2. The van der Waals surface area contributed by atoms with Crippen LogP contribution in [0.2, 0.25) is 0 Å². The maximum atomic E-state index is 13.1. The number of esters is 1. The number of rotatable bonds is 3. The molecule has 0 spiro atoms. The lowest BCUT2D eigenvalue weighted by molar-refractivity contribution is -0.144. The minimum absolute atomic E-state index is 0.0330. The van der Waals surface area contributed by atoms with Gasteiger partial charge in [-0.1, -0.05) is 13.8 Å². The SMILES string of the molecule is CCOC(=O)C1CSC2C(=Nc3ccc(F)cc3)CC(C)(C)CC2=N1. The molecule has 134 valence electrons. The van der Waals surface area contributed by atoms with Gasteiger partial charge >= 0.3 is 5.97 Å². The first-order valence-electron chi connectivity index (χ1n) is 8.56. The van der Waals surface area contributed by atoms with Crippen LogP contribution in [0.3, 0.4) is 0 Å². The van der Waals surface area contributed by atoms with Crippen molar-refractivity contribution in [1.29, 1.82) is 0 Å². The molecule has 0 amide bonds. The topological polar surface area (TPSA) is 51.0 Å². The minimum atomic E-state index is -0.419. The van der Waals surface area contributed by atoms with Gasteiger partial charge in [0.25, 0.3) is 0 Å². The van der Waals surface area contributed by atoms with Gasteiger partial charge in [-0.2, -0.15) is 0 Å². The van der Waals surface area contributed by atoms with Crippen molar-refractivity contribution in [2.24, 2.45) is 15.4 Å². The molecule has 1 fully saturated rings. The lowest BCUT2D eigenvalue weighted by Gasteiger charge is -2.39. The molecule has 0 N–H and O–H groups in total. The van der Waals surface area contributed by atoms with E-state index in [1.807, 2.05) is 0 Å². The van der Waals surface area contributed by atoms with Gasteiger partial charge in [-0.15, -0.1) is 11.8 Å². The number of carbonyl (C=O) groups is 1. The van der Waals surface area contributed by atoms with Crippen LogP contribution in [-0.4, -0.2) is 41.0 Å². The number of thioether (sulfide) groups is 1. The summed E-state index contributed by atoms with van der Waals surface area (Å²) < 4.78 is 18.2. The van der Waals surface area contributed by atoms with Crippen LogP contribution in [0, 0.1) is 11.2 Å². The van der Waals surface area contributed by atoms with Crippen LogP contribution >= 0.6 is 11.8 Å². The van der Waals surface area contributed by atoms with Crippen molar-refractivity contribution in [1.82, 2.24) is 0 Å². The molecule has 6 heteroatoms. The van der Waals surface area contributed by atoms with Crippen molar-refractivity contribution in [3.63, 3.8) is 0 Å². The van der Waals surface area contributed by atoms with Crippen molar-refractivity contribution in [3.05, 3.63) is 30.1 Å². The lowest BCUT2D eigenvalue weighted by atomic mass is 9.75. The predicted molar refractivity (Wildman–Crippen MR) is 101 cm³/mol. The number of hydrogen-bond donors (Lipinski definition) is 0. The van der Waals surface area contributed by atoms with E-state index in [1.54, 1.807) is 30.8 Å². The molecule has 2 atom stereocenters. The van der Waals surface area contributed by atoms with Crippen molar-refractivity contribution in [3.8, 4) is 0 Å². The zero-order valence-electron chi connectivity index (χ0n) is 14.8. The zero-order valence-corrected chi connectivity index (χ0v) is 15.6. The van der Waals surface area contributed by atoms with Gasteiger partial charge in [0.05, 0.1) is 17.5 Å². The molecule has 0 aromatic heterocycles. The number of benzene rings is 1. The molecule has 3 rings (SSSR count). The van der Waals surface area contributed by atoms with Gasteiger partial charge in [0, 0.05) is 17.2 Å². The van der Waals surface area contributed by atoms with E-state index in [0.717, 1.165) is 30.0 Å². The molecular weight excluding hydrogens is 339 g/mol. The Morgan fingerprint density at radius 1 is 1.36 bits per heavy atom. The van der Waals surface area contributed by atoms with E-state index in [-0.39, 0.29) is 22.5 Å². The summed E-state index contributed by atoms with van der Waals surface area (Å²) in [7, 11) is 0. The highest BCUT2D eigenvalue weighted by molar-refractivity contribution is 8.01. The van der Waals surface area contributed by atoms with E-state index in [0.29, 0.717) is 12.4 Å². The smallest absolute Gasteiger partial charge is 0.331 e. The van der Waals surface area contributed by atoms with Crippen molar-refractivity contribution >= 4 is 34.8 Å². The molecule has 2 aliphatic rings. The number of hydrogen-bond acceptors (Lipinski definition) is 5. The first-order chi connectivity index (χ1) is 11.9. The summed E-state index contributed by atoms with van der Waals surface area (Å²) in [4.78, 5) is 21.5. The molecule has 0 radical (unpaired) electrons. The summed E-state index contributed by atoms with van der Waals surface area (Å²) in [6.07, 6.45) is 1.72. The van der Waals surface area contributed by atoms with E-state index in [4.69, 9.17) is 14.7 Å². The van der Waals surface area contributed by atoms with E-state index >= 15 is 0 Å². The summed E-state index contributed by atoms with van der Waals surface area (Å²) in [6, 6.07) is 5.81. The zero-order chi connectivity index (χ0) is 18.0. The molecule has 1 saturated carbocycles. The Morgan fingerprint density at radius 3 is 2.76 bits per heavy atom. The van der Waals surface area contributed by atoms with E-state index < -0.39 is 6.04 Å². The van der Waals surface area contributed by atoms with Gasteiger partial charge in [0.1, 0.15) is 5.82 Å². The third-order valence-corrected chi connectivity index (χ3v) is 5.71. The normalized spacial score (nSPS) is 26.7. The number of ether oxygens (including phenoxy) is 1. The second kappa shape index (κ2) is 7.28. The number of fused-ring (bicyclic) bond motifs is 1. The van der Waals surface area contributed by atoms with Gasteiger partial charge < -0.3 is 4.74 Å². The number of aliphatic imine (C=N–C) groups is 2. The van der Waals surface area contributed by atoms with E-state index in [2.05, 4.69) is 13.8 Å². The van der Waals surface area contributed by atoms with Gasteiger partial charge in [0.2, 0.25) is 0 Å². The fraction of sp³-hybridized carbons (Fsp3) is 0.526. The minimum Gasteiger partial charge on any atom is -0.464 e. The molecule has 1 aromatic carbocycles. The van der Waals surface area contributed by atoms with Crippen molar-refractivity contribution in [2.75, 3.05) is 12.4 Å². The Hall–Kier alpha value is -1.69. The predicted octanol–water partition coefficient (Wildman–Crippen LogP) is 4.21. The monoisotopic (exact) mass is 362 g/mol. The third-order valence-electron chi connectivity index (χ3n) is 4.33. The summed E-state index contributed by atoms with van der Waals surface area (Å²) in [5.74, 6) is 0.0939. The summed E-state index contributed by atoms with van der Waals surface area (Å²) in [5, 5.41) is 0.101. The average Bonchev–Trinajstić information content (AvgIpc) is 2.55. The Bertz CT molecular complexity index is 713. The second-order valence-corrected chi connectivity index (χ2v) is 8.34. The van der Waals surface area contributed by atoms with Crippen LogP contribution in [0.1, 0.15) is 33.6 Å². The fourth-order valence-corrected chi connectivity index (χ4v) is 4.54. The summed E-state index contributed by atoms with van der Waals surface area (Å²) >= 11 is 1.70. The maximum Gasteiger partial charge on any atom is 0.331 e. The van der Waals surface area contributed by atoms with Crippen LogP contribution in [-0.2, 0) is 9.53 Å². The van der Waals surface area contributed by atoms with Crippen LogP contribution in [0.25, 0.3) is 0 Å². The number of nitrogens with zero attached hydrogens (tertiary/aromatic N) is 2. The molecule has 1 heterocycles. The molecule has 25 heavy (non-hydrogen) atoms. The fourth-order valence-electron chi connectivity index (χ4n) is 3.29. The highest BCUT2D eigenvalue weighted by Crippen LogP contribution is 2.40. The molecule has 1 aliphatic carbocycles. The average molecular weight is 362 g/mol. The second-order valence-electron chi connectivity index (χ2n) is 7.20. The van der Waals surface area contributed by atoms with Crippen LogP contribution < -0.4 is 0 Å². The van der Waals surface area contributed by atoms with Crippen LogP contribution in [0.5, 0.6) is 0 Å². The molecule has 2 unspecified atom stereocenters. The highest BCUT2D eigenvalue weighted by Gasteiger charge is 2.40. The lowest BCUT2D eigenvalue weighted by Crippen LogP contribution is -2.44. The Balaban J connectivity index is 1.90. The molecular formula is C19H23FN2O2S. The van der Waals surface area contributed by atoms with Gasteiger partial charge in [0.15, 0.2) is 6.04 Å². The number of halogens is 1. The van der Waals surface area contributed by atoms with Gasteiger partial charge in [-0.25, -0.2) is 9.18 Å². The quantitative estimate of drug-likeness (QED) is 0.757. The van der Waals surface area contributed by atoms with Gasteiger partial charge in [-0.3, -0.25) is 9.98 Å².